The number of carbonyl (C=O) groups excluding carboxylic acids is 2. The number of benzene rings is 2. The highest BCUT2D eigenvalue weighted by Gasteiger charge is 2.33. The molecule has 2 aromatic rings. The molecular formula is C14H7BrO4. The van der Waals surface area contributed by atoms with Gasteiger partial charge in [-0.25, -0.2) is 0 Å². The van der Waals surface area contributed by atoms with Crippen LogP contribution >= 0.6 is 15.9 Å². The lowest BCUT2D eigenvalue weighted by molar-refractivity contribution is 0.0976. The highest BCUT2D eigenvalue weighted by molar-refractivity contribution is 9.10. The maximum Gasteiger partial charge on any atom is 0.198 e. The average molecular weight is 319 g/mol. The number of halogens is 1. The molecule has 0 bridgehead atoms. The van der Waals surface area contributed by atoms with Crippen molar-refractivity contribution in [3.05, 3.63) is 57.1 Å². The minimum atomic E-state index is -0.572. The Hall–Kier alpha value is -2.14. The van der Waals surface area contributed by atoms with Gasteiger partial charge in [0.25, 0.3) is 0 Å². The van der Waals surface area contributed by atoms with Crippen molar-refractivity contribution in [2.45, 2.75) is 0 Å². The molecule has 0 saturated carbocycles. The number of rotatable bonds is 0. The number of phenols is 2. The van der Waals surface area contributed by atoms with E-state index in [2.05, 4.69) is 15.9 Å². The molecule has 2 aromatic carbocycles. The van der Waals surface area contributed by atoms with E-state index in [1.807, 2.05) is 0 Å². The lowest BCUT2D eigenvalue weighted by Crippen LogP contribution is -2.21. The maximum atomic E-state index is 12.3. The van der Waals surface area contributed by atoms with Gasteiger partial charge in [0.05, 0.1) is 10.0 Å². The van der Waals surface area contributed by atoms with Crippen LogP contribution in [-0.2, 0) is 0 Å². The summed E-state index contributed by atoms with van der Waals surface area (Å²) in [6, 6.07) is 7.75. The summed E-state index contributed by atoms with van der Waals surface area (Å²) in [7, 11) is 0. The molecule has 3 rings (SSSR count). The summed E-state index contributed by atoms with van der Waals surface area (Å²) in [5.41, 5.74) is 0.476. The van der Waals surface area contributed by atoms with E-state index in [0.29, 0.717) is 5.56 Å². The van der Waals surface area contributed by atoms with E-state index in [9.17, 15) is 19.8 Å². The van der Waals surface area contributed by atoms with E-state index in [1.165, 1.54) is 12.1 Å². The van der Waals surface area contributed by atoms with Crippen LogP contribution in [0.4, 0.5) is 0 Å². The minimum absolute atomic E-state index is 0.0888. The van der Waals surface area contributed by atoms with Crippen molar-refractivity contribution >= 4 is 27.5 Å². The third kappa shape index (κ3) is 1.51. The Morgan fingerprint density at radius 2 is 1.42 bits per heavy atom. The van der Waals surface area contributed by atoms with Crippen molar-refractivity contribution in [2.24, 2.45) is 0 Å². The molecule has 0 aliphatic heterocycles. The zero-order valence-corrected chi connectivity index (χ0v) is 11.1. The molecule has 4 nitrogen and oxygen atoms in total. The molecular weight excluding hydrogens is 312 g/mol. The monoisotopic (exact) mass is 318 g/mol. The fourth-order valence-electron chi connectivity index (χ4n) is 2.19. The zero-order chi connectivity index (χ0) is 13.7. The Balaban J connectivity index is 2.40. The van der Waals surface area contributed by atoms with Crippen LogP contribution in [0, 0.1) is 0 Å². The summed E-state index contributed by atoms with van der Waals surface area (Å²) in [5, 5.41) is 19.5. The Bertz CT molecular complexity index is 749. The maximum absolute atomic E-state index is 12.3. The standard InChI is InChI=1S/C14H7BrO4/c15-9-5-8-10(14(19)13(9)18)12(17)7-4-2-1-3-6(7)11(8)16/h1-5,18-19H. The molecule has 19 heavy (non-hydrogen) atoms. The first-order valence-electron chi connectivity index (χ1n) is 5.45. The molecule has 0 radical (unpaired) electrons. The van der Waals surface area contributed by atoms with Crippen LogP contribution in [0.5, 0.6) is 11.5 Å². The van der Waals surface area contributed by atoms with E-state index in [1.54, 1.807) is 18.2 Å². The molecule has 0 unspecified atom stereocenters. The van der Waals surface area contributed by atoms with Crippen molar-refractivity contribution in [2.75, 3.05) is 0 Å². The second-order valence-electron chi connectivity index (χ2n) is 4.18. The topological polar surface area (TPSA) is 74.6 Å². The Labute approximate surface area is 116 Å². The number of aromatic hydroxyl groups is 2. The smallest absolute Gasteiger partial charge is 0.198 e. The lowest BCUT2D eigenvalue weighted by Gasteiger charge is -2.19. The second kappa shape index (κ2) is 3.93. The SMILES string of the molecule is O=C1c2ccccc2C(=O)c2c1cc(Br)c(O)c2O. The Morgan fingerprint density at radius 1 is 0.842 bits per heavy atom. The van der Waals surface area contributed by atoms with Crippen LogP contribution < -0.4 is 0 Å². The van der Waals surface area contributed by atoms with Crippen LogP contribution in [-0.4, -0.2) is 21.8 Å². The van der Waals surface area contributed by atoms with E-state index in [-0.39, 0.29) is 26.9 Å². The van der Waals surface area contributed by atoms with Crippen molar-refractivity contribution in [3.63, 3.8) is 0 Å². The summed E-state index contributed by atoms with van der Waals surface area (Å²) < 4.78 is 0.171. The van der Waals surface area contributed by atoms with Gasteiger partial charge >= 0.3 is 0 Å². The average Bonchev–Trinajstić information content (AvgIpc) is 2.42. The molecule has 0 fully saturated rings. The van der Waals surface area contributed by atoms with Crippen LogP contribution in [0.25, 0.3) is 0 Å². The second-order valence-corrected chi connectivity index (χ2v) is 5.04. The number of hydrogen-bond donors (Lipinski definition) is 2. The number of hydrogen-bond acceptors (Lipinski definition) is 4. The summed E-state index contributed by atoms with van der Waals surface area (Å²) >= 11 is 3.04. The summed E-state index contributed by atoms with van der Waals surface area (Å²) in [5.74, 6) is -1.83. The Morgan fingerprint density at radius 3 is 2.05 bits per heavy atom. The molecule has 0 atom stereocenters. The van der Waals surface area contributed by atoms with Crippen LogP contribution in [0.2, 0.25) is 0 Å². The highest BCUT2D eigenvalue weighted by Crippen LogP contribution is 2.42. The predicted octanol–water partition coefficient (Wildman–Crippen LogP) is 2.64. The van der Waals surface area contributed by atoms with E-state index < -0.39 is 17.3 Å². The lowest BCUT2D eigenvalue weighted by atomic mass is 9.83. The number of ketones is 2. The number of carbonyl (C=O) groups is 2. The van der Waals surface area contributed by atoms with Crippen molar-refractivity contribution < 1.29 is 19.8 Å². The molecule has 94 valence electrons. The first-order chi connectivity index (χ1) is 9.02. The van der Waals surface area contributed by atoms with Gasteiger partial charge in [0.1, 0.15) is 0 Å². The molecule has 0 spiro atoms. The zero-order valence-electron chi connectivity index (χ0n) is 9.48. The van der Waals surface area contributed by atoms with Crippen LogP contribution in [0.3, 0.4) is 0 Å². The van der Waals surface area contributed by atoms with Gasteiger partial charge < -0.3 is 10.2 Å². The molecule has 5 heteroatoms. The van der Waals surface area contributed by atoms with E-state index in [0.717, 1.165) is 0 Å². The van der Waals surface area contributed by atoms with Gasteiger partial charge in [-0.15, -0.1) is 0 Å². The summed E-state index contributed by atoms with van der Waals surface area (Å²) in [4.78, 5) is 24.6. The fraction of sp³-hybridized carbons (Fsp3) is 0. The van der Waals surface area contributed by atoms with Gasteiger partial charge in [-0.1, -0.05) is 24.3 Å². The van der Waals surface area contributed by atoms with Gasteiger partial charge in [0.2, 0.25) is 0 Å². The van der Waals surface area contributed by atoms with Gasteiger partial charge in [-0.2, -0.15) is 0 Å². The van der Waals surface area contributed by atoms with Gasteiger partial charge in [0, 0.05) is 16.7 Å². The van der Waals surface area contributed by atoms with Crippen LogP contribution in [0.15, 0.2) is 34.8 Å². The van der Waals surface area contributed by atoms with E-state index in [4.69, 9.17) is 0 Å². The molecule has 1 aliphatic carbocycles. The molecule has 1 aliphatic rings. The molecule has 0 heterocycles. The first-order valence-corrected chi connectivity index (χ1v) is 6.24. The molecule has 2 N–H and O–H groups in total. The fourth-order valence-corrected chi connectivity index (χ4v) is 2.61. The van der Waals surface area contributed by atoms with Gasteiger partial charge in [-0.3, -0.25) is 9.59 Å². The molecule has 0 amide bonds. The quantitative estimate of drug-likeness (QED) is 0.625. The minimum Gasteiger partial charge on any atom is -0.504 e. The first kappa shape index (κ1) is 11.9. The Kier molecular flexibility index (Phi) is 2.46. The van der Waals surface area contributed by atoms with Crippen LogP contribution in [0.1, 0.15) is 31.8 Å². The van der Waals surface area contributed by atoms with Crippen molar-refractivity contribution in [3.8, 4) is 11.5 Å². The van der Waals surface area contributed by atoms with Gasteiger partial charge in [0.15, 0.2) is 23.1 Å². The molecule has 0 saturated heterocycles. The largest absolute Gasteiger partial charge is 0.504 e. The van der Waals surface area contributed by atoms with E-state index >= 15 is 0 Å². The highest BCUT2D eigenvalue weighted by atomic mass is 79.9. The number of phenolic OH excluding ortho intramolecular Hbond substituents is 2. The van der Waals surface area contributed by atoms with Crippen molar-refractivity contribution in [1.29, 1.82) is 0 Å². The predicted molar refractivity (Wildman–Crippen MR) is 70.8 cm³/mol. The van der Waals surface area contributed by atoms with Gasteiger partial charge in [-0.05, 0) is 22.0 Å². The summed E-state index contributed by atoms with van der Waals surface area (Å²) in [6.45, 7) is 0. The third-order valence-electron chi connectivity index (χ3n) is 3.12. The molecule has 0 aromatic heterocycles. The normalized spacial score (nSPS) is 13.1. The van der Waals surface area contributed by atoms with Crippen molar-refractivity contribution in [1.82, 2.24) is 0 Å². The number of fused-ring (bicyclic) bond motifs is 2. The summed E-state index contributed by atoms with van der Waals surface area (Å²) in [6.07, 6.45) is 0. The third-order valence-corrected chi connectivity index (χ3v) is 3.72.